The molecule has 2 heterocycles. The number of H-pyrrole nitrogens is 1. The third-order valence-electron chi connectivity index (χ3n) is 3.23. The number of aromatic amines is 1. The van der Waals surface area contributed by atoms with E-state index in [0.29, 0.717) is 19.3 Å². The van der Waals surface area contributed by atoms with Gasteiger partial charge in [0, 0.05) is 18.8 Å². The van der Waals surface area contributed by atoms with Crippen LogP contribution < -0.4 is 5.32 Å². The summed E-state index contributed by atoms with van der Waals surface area (Å²) in [6.07, 6.45) is 1.56. The number of hydrogen-bond donors (Lipinski definition) is 2. The van der Waals surface area contributed by atoms with Gasteiger partial charge in [0.05, 0.1) is 11.0 Å². The first-order valence-electron chi connectivity index (χ1n) is 6.00. The van der Waals surface area contributed by atoms with E-state index >= 15 is 0 Å². The van der Waals surface area contributed by atoms with Gasteiger partial charge in [0.2, 0.25) is 11.8 Å². The summed E-state index contributed by atoms with van der Waals surface area (Å²) in [5, 5.41) is 2.36. The van der Waals surface area contributed by atoms with Crippen molar-refractivity contribution < 1.29 is 9.59 Å². The number of hydrogen-bond acceptors (Lipinski definition) is 3. The molecule has 2 amide bonds. The number of carbonyl (C=O) groups is 2. The fourth-order valence-electron chi connectivity index (χ4n) is 2.27. The Balaban J connectivity index is 1.79. The standard InChI is InChI=1S/C13H13N3O2/c17-12-6-5-8(13(18)16-12)7-11-14-9-3-1-2-4-10(9)15-11/h1-4,8H,5-7H2,(H,14,15)(H,16,17,18). The molecule has 0 saturated carbocycles. The van der Waals surface area contributed by atoms with Crippen LogP contribution in [0.15, 0.2) is 24.3 Å². The van der Waals surface area contributed by atoms with Crippen LogP contribution in [-0.4, -0.2) is 21.8 Å². The first-order valence-corrected chi connectivity index (χ1v) is 6.00. The van der Waals surface area contributed by atoms with E-state index in [2.05, 4.69) is 15.3 Å². The second kappa shape index (κ2) is 4.25. The van der Waals surface area contributed by atoms with Gasteiger partial charge >= 0.3 is 0 Å². The van der Waals surface area contributed by atoms with E-state index < -0.39 is 0 Å². The molecule has 5 heteroatoms. The lowest BCUT2D eigenvalue weighted by molar-refractivity contribution is -0.136. The van der Waals surface area contributed by atoms with E-state index in [-0.39, 0.29) is 17.7 Å². The van der Waals surface area contributed by atoms with Gasteiger partial charge in [-0.15, -0.1) is 0 Å². The molecule has 0 bridgehead atoms. The summed E-state index contributed by atoms with van der Waals surface area (Å²) in [5.41, 5.74) is 1.87. The van der Waals surface area contributed by atoms with Gasteiger partial charge in [-0.3, -0.25) is 14.9 Å². The van der Waals surface area contributed by atoms with E-state index in [0.717, 1.165) is 16.9 Å². The molecule has 3 rings (SSSR count). The minimum absolute atomic E-state index is 0.164. The molecule has 1 atom stereocenters. The molecular weight excluding hydrogens is 230 g/mol. The zero-order valence-corrected chi connectivity index (χ0v) is 9.77. The molecule has 5 nitrogen and oxygen atoms in total. The Kier molecular flexibility index (Phi) is 2.59. The molecule has 1 saturated heterocycles. The maximum Gasteiger partial charge on any atom is 0.230 e. The van der Waals surface area contributed by atoms with Crippen LogP contribution >= 0.6 is 0 Å². The van der Waals surface area contributed by atoms with E-state index in [4.69, 9.17) is 0 Å². The van der Waals surface area contributed by atoms with Crippen LogP contribution in [0.3, 0.4) is 0 Å². The van der Waals surface area contributed by atoms with Crippen LogP contribution in [0.1, 0.15) is 18.7 Å². The third-order valence-corrected chi connectivity index (χ3v) is 3.23. The number of benzene rings is 1. The molecule has 1 aliphatic heterocycles. The molecule has 0 spiro atoms. The van der Waals surface area contributed by atoms with Gasteiger partial charge in [-0.2, -0.15) is 0 Å². The Bertz CT molecular complexity index is 584. The predicted molar refractivity (Wildman–Crippen MR) is 65.7 cm³/mol. The van der Waals surface area contributed by atoms with E-state index in [1.54, 1.807) is 0 Å². The van der Waals surface area contributed by atoms with Gasteiger partial charge in [0.15, 0.2) is 0 Å². The lowest BCUT2D eigenvalue weighted by atomic mass is 9.95. The summed E-state index contributed by atoms with van der Waals surface area (Å²) in [6.45, 7) is 0. The molecule has 92 valence electrons. The van der Waals surface area contributed by atoms with Crippen LogP contribution in [0.5, 0.6) is 0 Å². The fraction of sp³-hybridized carbons (Fsp3) is 0.308. The minimum atomic E-state index is -0.188. The average Bonchev–Trinajstić information content (AvgIpc) is 2.75. The number of nitrogens with one attached hydrogen (secondary N) is 2. The van der Waals surface area contributed by atoms with Crippen LogP contribution in [0.4, 0.5) is 0 Å². The number of carbonyl (C=O) groups excluding carboxylic acids is 2. The molecule has 1 unspecified atom stereocenters. The molecule has 2 N–H and O–H groups in total. The highest BCUT2D eigenvalue weighted by Gasteiger charge is 2.27. The van der Waals surface area contributed by atoms with Gasteiger partial charge in [-0.05, 0) is 18.6 Å². The summed E-state index contributed by atoms with van der Waals surface area (Å²) in [7, 11) is 0. The predicted octanol–water partition coefficient (Wildman–Crippen LogP) is 1.16. The van der Waals surface area contributed by atoms with E-state index in [1.165, 1.54) is 0 Å². The normalized spacial score (nSPS) is 20.1. The summed E-state index contributed by atoms with van der Waals surface area (Å²) >= 11 is 0. The smallest absolute Gasteiger partial charge is 0.230 e. The van der Waals surface area contributed by atoms with Crippen molar-refractivity contribution >= 4 is 22.8 Å². The summed E-state index contributed by atoms with van der Waals surface area (Å²) < 4.78 is 0. The molecule has 1 fully saturated rings. The van der Waals surface area contributed by atoms with E-state index in [9.17, 15) is 9.59 Å². The molecular formula is C13H13N3O2. The Morgan fingerprint density at radius 3 is 2.89 bits per heavy atom. The third kappa shape index (κ3) is 1.99. The Morgan fingerprint density at radius 2 is 2.11 bits per heavy atom. The molecule has 0 radical (unpaired) electrons. The Hall–Kier alpha value is -2.17. The number of amides is 2. The fourth-order valence-corrected chi connectivity index (χ4v) is 2.27. The lowest BCUT2D eigenvalue weighted by Gasteiger charge is -2.19. The van der Waals surface area contributed by atoms with Crippen LogP contribution in [0, 0.1) is 5.92 Å². The van der Waals surface area contributed by atoms with Gasteiger partial charge in [-0.25, -0.2) is 4.98 Å². The quantitative estimate of drug-likeness (QED) is 0.777. The Morgan fingerprint density at radius 1 is 1.28 bits per heavy atom. The highest BCUT2D eigenvalue weighted by atomic mass is 16.2. The minimum Gasteiger partial charge on any atom is -0.342 e. The summed E-state index contributed by atoms with van der Waals surface area (Å²) in [4.78, 5) is 30.3. The van der Waals surface area contributed by atoms with Crippen LogP contribution in [0.2, 0.25) is 0 Å². The van der Waals surface area contributed by atoms with Crippen molar-refractivity contribution in [3.63, 3.8) is 0 Å². The van der Waals surface area contributed by atoms with Crippen molar-refractivity contribution in [2.24, 2.45) is 5.92 Å². The van der Waals surface area contributed by atoms with Gasteiger partial charge in [-0.1, -0.05) is 12.1 Å². The highest BCUT2D eigenvalue weighted by Crippen LogP contribution is 2.18. The Labute approximate surface area is 104 Å². The number of aromatic nitrogens is 2. The number of piperidine rings is 1. The zero-order valence-electron chi connectivity index (χ0n) is 9.77. The molecule has 1 aromatic carbocycles. The van der Waals surface area contributed by atoms with Gasteiger partial charge in [0.25, 0.3) is 0 Å². The molecule has 2 aromatic rings. The monoisotopic (exact) mass is 243 g/mol. The SMILES string of the molecule is O=C1CCC(Cc2nc3ccccc3[nH]2)C(=O)N1. The maximum atomic E-state index is 11.7. The highest BCUT2D eigenvalue weighted by molar-refractivity contribution is 5.98. The van der Waals surface area contributed by atoms with Gasteiger partial charge < -0.3 is 4.98 Å². The number of para-hydroxylation sites is 2. The maximum absolute atomic E-state index is 11.7. The largest absolute Gasteiger partial charge is 0.342 e. The molecule has 1 aromatic heterocycles. The van der Waals surface area contributed by atoms with Crippen molar-refractivity contribution in [3.8, 4) is 0 Å². The number of nitrogens with zero attached hydrogens (tertiary/aromatic N) is 1. The molecule has 1 aliphatic rings. The number of imidazole rings is 1. The summed E-state index contributed by atoms with van der Waals surface area (Å²) in [5.74, 6) is 0.265. The average molecular weight is 243 g/mol. The van der Waals surface area contributed by atoms with Crippen LogP contribution in [-0.2, 0) is 16.0 Å². The second-order valence-electron chi connectivity index (χ2n) is 4.55. The number of fused-ring (bicyclic) bond motifs is 1. The number of rotatable bonds is 2. The summed E-state index contributed by atoms with van der Waals surface area (Å²) in [6, 6.07) is 7.76. The molecule has 18 heavy (non-hydrogen) atoms. The van der Waals surface area contributed by atoms with Crippen molar-refractivity contribution in [2.75, 3.05) is 0 Å². The first-order chi connectivity index (χ1) is 8.72. The van der Waals surface area contributed by atoms with Crippen molar-refractivity contribution in [2.45, 2.75) is 19.3 Å². The van der Waals surface area contributed by atoms with E-state index in [1.807, 2.05) is 24.3 Å². The second-order valence-corrected chi connectivity index (χ2v) is 4.55. The lowest BCUT2D eigenvalue weighted by Crippen LogP contribution is -2.41. The van der Waals surface area contributed by atoms with Crippen molar-refractivity contribution in [3.05, 3.63) is 30.1 Å². The van der Waals surface area contributed by atoms with Crippen molar-refractivity contribution in [1.29, 1.82) is 0 Å². The topological polar surface area (TPSA) is 74.8 Å². The first kappa shape index (κ1) is 11.0. The van der Waals surface area contributed by atoms with Gasteiger partial charge in [0.1, 0.15) is 5.82 Å². The molecule has 0 aliphatic carbocycles. The number of imide groups is 1. The van der Waals surface area contributed by atoms with Crippen LogP contribution in [0.25, 0.3) is 11.0 Å². The zero-order chi connectivity index (χ0) is 12.5. The van der Waals surface area contributed by atoms with Crippen molar-refractivity contribution in [1.82, 2.24) is 15.3 Å².